The second-order valence-corrected chi connectivity index (χ2v) is 8.33. The highest BCUT2D eigenvalue weighted by atomic mass is 35.5. The maximum atomic E-state index is 12.7. The normalized spacial score (nSPS) is 11.6. The van der Waals surface area contributed by atoms with Gasteiger partial charge in [-0.05, 0) is 52.9 Å². The van der Waals surface area contributed by atoms with Crippen molar-refractivity contribution in [1.82, 2.24) is 24.5 Å². The summed E-state index contributed by atoms with van der Waals surface area (Å²) in [6.45, 7) is 4.17. The first-order chi connectivity index (χ1) is 13.9. The van der Waals surface area contributed by atoms with Gasteiger partial charge in [-0.3, -0.25) is 4.79 Å². The minimum Gasteiger partial charge on any atom is -0.322 e. The van der Waals surface area contributed by atoms with Crippen molar-refractivity contribution in [3.05, 3.63) is 59.4 Å². The maximum Gasteiger partial charge on any atom is 0.257 e. The van der Waals surface area contributed by atoms with Crippen LogP contribution in [0.5, 0.6) is 0 Å². The van der Waals surface area contributed by atoms with E-state index in [4.69, 9.17) is 11.6 Å². The van der Waals surface area contributed by atoms with E-state index in [1.165, 1.54) is 33.5 Å². The Morgan fingerprint density at radius 3 is 2.41 bits per heavy atom. The number of nitrogens with zero attached hydrogens (tertiary/aromatic N) is 5. The van der Waals surface area contributed by atoms with E-state index in [0.717, 1.165) is 5.69 Å². The van der Waals surface area contributed by atoms with Crippen LogP contribution in [-0.4, -0.2) is 51.9 Å². The number of anilines is 1. The molecule has 2 aromatic carbocycles. The van der Waals surface area contributed by atoms with Gasteiger partial charge < -0.3 is 5.32 Å². The summed E-state index contributed by atoms with van der Waals surface area (Å²) in [7, 11) is -3.70. The van der Waals surface area contributed by atoms with E-state index in [0.29, 0.717) is 18.8 Å². The highest BCUT2D eigenvalue weighted by molar-refractivity contribution is 7.89. The Bertz CT molecular complexity index is 1100. The first-order valence-electron chi connectivity index (χ1n) is 8.81. The number of benzene rings is 2. The van der Waals surface area contributed by atoms with Crippen molar-refractivity contribution < 1.29 is 13.2 Å². The molecule has 0 unspecified atom stereocenters. The summed E-state index contributed by atoms with van der Waals surface area (Å²) in [5.74, 6) is -0.512. The van der Waals surface area contributed by atoms with Crippen molar-refractivity contribution in [2.45, 2.75) is 18.7 Å². The molecule has 9 nitrogen and oxygen atoms in total. The molecule has 0 saturated carbocycles. The lowest BCUT2D eigenvalue weighted by atomic mass is 10.2. The van der Waals surface area contributed by atoms with Crippen LogP contribution in [0.4, 0.5) is 5.69 Å². The Labute approximate surface area is 173 Å². The molecule has 1 amide bonds. The fourth-order valence-electron chi connectivity index (χ4n) is 2.73. The SMILES string of the molecule is CCN(CC)S(=O)(=O)c1ccc(Cl)c(C(=O)Nc2ccc(-n3cnnn3)cc2)c1. The Morgan fingerprint density at radius 2 is 1.83 bits per heavy atom. The number of rotatable bonds is 7. The molecule has 0 aliphatic heterocycles. The summed E-state index contributed by atoms with van der Waals surface area (Å²) in [6, 6.07) is 10.9. The third-order valence-corrected chi connectivity index (χ3v) is 6.64. The lowest BCUT2D eigenvalue weighted by Gasteiger charge is -2.19. The molecule has 0 fully saturated rings. The van der Waals surface area contributed by atoms with Gasteiger partial charge in [0.05, 0.1) is 21.2 Å². The van der Waals surface area contributed by atoms with Gasteiger partial charge >= 0.3 is 0 Å². The monoisotopic (exact) mass is 434 g/mol. The molecule has 3 rings (SSSR count). The van der Waals surface area contributed by atoms with Crippen LogP contribution in [0.3, 0.4) is 0 Å². The number of sulfonamides is 1. The molecule has 152 valence electrons. The van der Waals surface area contributed by atoms with Gasteiger partial charge in [0, 0.05) is 18.8 Å². The zero-order valence-corrected chi connectivity index (χ0v) is 17.4. The van der Waals surface area contributed by atoms with Crippen LogP contribution in [0, 0.1) is 0 Å². The zero-order valence-electron chi connectivity index (χ0n) is 15.8. The van der Waals surface area contributed by atoms with Gasteiger partial charge in [0.25, 0.3) is 5.91 Å². The predicted molar refractivity (Wildman–Crippen MR) is 109 cm³/mol. The molecular weight excluding hydrogens is 416 g/mol. The first kappa shape index (κ1) is 20.9. The third-order valence-electron chi connectivity index (χ3n) is 4.26. The predicted octanol–water partition coefficient (Wildman–Crippen LogP) is 2.60. The molecular formula is C18H19ClN6O3S. The fraction of sp³-hybridized carbons (Fsp3) is 0.222. The Kier molecular flexibility index (Phi) is 6.26. The molecule has 1 heterocycles. The van der Waals surface area contributed by atoms with Crippen molar-refractivity contribution in [3.63, 3.8) is 0 Å². The second-order valence-electron chi connectivity index (χ2n) is 5.99. The minimum atomic E-state index is -3.70. The van der Waals surface area contributed by atoms with E-state index >= 15 is 0 Å². The number of carbonyl (C=O) groups excluding carboxylic acids is 1. The number of aromatic nitrogens is 4. The molecule has 29 heavy (non-hydrogen) atoms. The summed E-state index contributed by atoms with van der Waals surface area (Å²) in [5.41, 5.74) is 1.31. The fourth-order valence-corrected chi connectivity index (χ4v) is 4.42. The maximum absolute atomic E-state index is 12.7. The lowest BCUT2D eigenvalue weighted by molar-refractivity contribution is 0.102. The minimum absolute atomic E-state index is 0.0183. The summed E-state index contributed by atoms with van der Waals surface area (Å²) in [6.07, 6.45) is 1.45. The Hall–Kier alpha value is -2.82. The van der Waals surface area contributed by atoms with Crippen LogP contribution in [0.1, 0.15) is 24.2 Å². The van der Waals surface area contributed by atoms with Crippen LogP contribution in [0.25, 0.3) is 5.69 Å². The summed E-state index contributed by atoms with van der Waals surface area (Å²) in [4.78, 5) is 12.7. The van der Waals surface area contributed by atoms with Crippen LogP contribution in [0.15, 0.2) is 53.7 Å². The van der Waals surface area contributed by atoms with E-state index < -0.39 is 15.9 Å². The van der Waals surface area contributed by atoms with Gasteiger partial charge in [0.15, 0.2) is 0 Å². The molecule has 3 aromatic rings. The number of amides is 1. The van der Waals surface area contributed by atoms with Crippen LogP contribution >= 0.6 is 11.6 Å². The van der Waals surface area contributed by atoms with Gasteiger partial charge in [0.1, 0.15) is 6.33 Å². The molecule has 11 heteroatoms. The van der Waals surface area contributed by atoms with Crippen LogP contribution in [0.2, 0.25) is 5.02 Å². The molecule has 0 spiro atoms. The standard InChI is InChI=1S/C18H19ClN6O3S/c1-3-24(4-2)29(27,28)15-9-10-17(19)16(11-15)18(26)21-13-5-7-14(8-6-13)25-12-20-22-23-25/h5-12H,3-4H2,1-2H3,(H,21,26). The molecule has 0 aliphatic carbocycles. The average Bonchev–Trinajstić information content (AvgIpc) is 3.24. The molecule has 0 atom stereocenters. The number of tetrazole rings is 1. The molecule has 0 radical (unpaired) electrons. The number of halogens is 1. The van der Waals surface area contributed by atoms with Crippen molar-refractivity contribution in [1.29, 1.82) is 0 Å². The van der Waals surface area contributed by atoms with Gasteiger partial charge in [-0.25, -0.2) is 13.1 Å². The van der Waals surface area contributed by atoms with Crippen molar-refractivity contribution >= 4 is 33.2 Å². The van der Waals surface area contributed by atoms with Gasteiger partial charge in [-0.2, -0.15) is 4.31 Å². The van der Waals surface area contributed by atoms with E-state index in [1.807, 2.05) is 0 Å². The van der Waals surface area contributed by atoms with E-state index in [9.17, 15) is 13.2 Å². The van der Waals surface area contributed by atoms with E-state index in [-0.39, 0.29) is 15.5 Å². The van der Waals surface area contributed by atoms with E-state index in [1.54, 1.807) is 38.1 Å². The number of hydrogen-bond donors (Lipinski definition) is 1. The van der Waals surface area contributed by atoms with E-state index in [2.05, 4.69) is 20.8 Å². The van der Waals surface area contributed by atoms with Crippen LogP contribution in [-0.2, 0) is 10.0 Å². The average molecular weight is 435 g/mol. The summed E-state index contributed by atoms with van der Waals surface area (Å²) in [5, 5.41) is 13.8. The second kappa shape index (κ2) is 8.68. The van der Waals surface area contributed by atoms with Crippen molar-refractivity contribution in [3.8, 4) is 5.69 Å². The molecule has 1 N–H and O–H groups in total. The van der Waals surface area contributed by atoms with Crippen molar-refractivity contribution in [2.75, 3.05) is 18.4 Å². The largest absolute Gasteiger partial charge is 0.322 e. The highest BCUT2D eigenvalue weighted by Crippen LogP contribution is 2.24. The first-order valence-corrected chi connectivity index (χ1v) is 10.6. The number of hydrogen-bond acceptors (Lipinski definition) is 6. The Balaban J connectivity index is 1.84. The van der Waals surface area contributed by atoms with Gasteiger partial charge in [-0.15, -0.1) is 5.10 Å². The molecule has 0 bridgehead atoms. The van der Waals surface area contributed by atoms with Crippen LogP contribution < -0.4 is 5.32 Å². The quantitative estimate of drug-likeness (QED) is 0.612. The Morgan fingerprint density at radius 1 is 1.14 bits per heavy atom. The third kappa shape index (κ3) is 4.44. The topological polar surface area (TPSA) is 110 Å². The van der Waals surface area contributed by atoms with Crippen molar-refractivity contribution in [2.24, 2.45) is 0 Å². The number of nitrogens with one attached hydrogen (secondary N) is 1. The molecule has 1 aromatic heterocycles. The zero-order chi connectivity index (χ0) is 21.0. The number of carbonyl (C=O) groups is 1. The summed E-state index contributed by atoms with van der Waals surface area (Å²) < 4.78 is 28.2. The molecule has 0 saturated heterocycles. The summed E-state index contributed by atoms with van der Waals surface area (Å²) >= 11 is 6.15. The van der Waals surface area contributed by atoms with Gasteiger partial charge in [-0.1, -0.05) is 25.4 Å². The highest BCUT2D eigenvalue weighted by Gasteiger charge is 2.24. The smallest absolute Gasteiger partial charge is 0.257 e. The van der Waals surface area contributed by atoms with Gasteiger partial charge in [0.2, 0.25) is 10.0 Å². The molecule has 0 aliphatic rings. The lowest BCUT2D eigenvalue weighted by Crippen LogP contribution is -2.30.